The van der Waals surface area contributed by atoms with E-state index in [1.807, 2.05) is 47.8 Å². The van der Waals surface area contributed by atoms with Gasteiger partial charge in [0.05, 0.1) is 24.9 Å². The van der Waals surface area contributed by atoms with Gasteiger partial charge in [-0.25, -0.2) is 4.98 Å². The molecular formula is C41H32Cl2N4O5S2. The molecule has 3 N–H and O–H groups in total. The first-order valence-corrected chi connectivity index (χ1v) is 18.9. The minimum absolute atomic E-state index is 0.00439. The number of methoxy groups -OCH3 is 2. The zero-order valence-electron chi connectivity index (χ0n) is 28.8. The maximum absolute atomic E-state index is 13.8. The monoisotopic (exact) mass is 794 g/mol. The number of anilines is 2. The number of thiazole rings is 1. The number of thioether (sulfide) groups is 1. The number of rotatable bonds is 13. The van der Waals surface area contributed by atoms with Crippen molar-refractivity contribution in [2.75, 3.05) is 24.9 Å². The van der Waals surface area contributed by atoms with Gasteiger partial charge in [-0.15, -0.1) is 23.1 Å². The molecule has 0 aliphatic carbocycles. The second kappa shape index (κ2) is 18.0. The molecule has 3 amide bonds. The van der Waals surface area contributed by atoms with Gasteiger partial charge in [0.2, 0.25) is 5.91 Å². The van der Waals surface area contributed by atoms with Crippen molar-refractivity contribution >= 4 is 80.9 Å². The summed E-state index contributed by atoms with van der Waals surface area (Å²) in [6, 6.07) is 35.4. The van der Waals surface area contributed by atoms with Crippen molar-refractivity contribution in [2.24, 2.45) is 0 Å². The highest BCUT2D eigenvalue weighted by atomic mass is 35.5. The largest absolute Gasteiger partial charge is 0.497 e. The molecule has 9 nitrogen and oxygen atoms in total. The molecule has 0 aliphatic rings. The second-order valence-electron chi connectivity index (χ2n) is 11.5. The lowest BCUT2D eigenvalue weighted by atomic mass is 10.1. The van der Waals surface area contributed by atoms with Gasteiger partial charge in [0.25, 0.3) is 11.8 Å². The predicted molar refractivity (Wildman–Crippen MR) is 218 cm³/mol. The first-order chi connectivity index (χ1) is 26.2. The van der Waals surface area contributed by atoms with Crippen LogP contribution in [0, 0.1) is 0 Å². The van der Waals surface area contributed by atoms with Gasteiger partial charge in [0, 0.05) is 43.7 Å². The Kier molecular flexibility index (Phi) is 12.7. The molecule has 54 heavy (non-hydrogen) atoms. The predicted octanol–water partition coefficient (Wildman–Crippen LogP) is 10.0. The standard InChI is InChI=1S/C41H32Cl2N4O5S2/c1-51-30-17-13-27(36(23-30)52-2)21-34(45-38(48)26-11-7-4-8-12-26)39(49)44-29-15-18-31(19-16-29)54-37(25-9-5-3-6-10-25)40(50)47-41-46-35(24-53-41)32-20-14-28(42)22-33(32)43/h3-24,37H,1-2H3,(H,44,49)(H,45,48)(H,46,47,50)/b34-21-. The van der Waals surface area contributed by atoms with Crippen LogP contribution in [0.15, 0.2) is 137 Å². The summed E-state index contributed by atoms with van der Waals surface area (Å²) in [5, 5.41) is 11.2. The molecule has 1 unspecified atom stereocenters. The number of aromatic nitrogens is 1. The van der Waals surface area contributed by atoms with Crippen LogP contribution in [0.5, 0.6) is 11.5 Å². The zero-order valence-corrected chi connectivity index (χ0v) is 32.0. The Morgan fingerprint density at radius 3 is 2.22 bits per heavy atom. The Labute approximate surface area is 330 Å². The van der Waals surface area contributed by atoms with Crippen LogP contribution in [0.1, 0.15) is 26.7 Å². The van der Waals surface area contributed by atoms with Gasteiger partial charge in [-0.2, -0.15) is 0 Å². The van der Waals surface area contributed by atoms with E-state index in [9.17, 15) is 14.4 Å². The molecule has 13 heteroatoms. The molecule has 1 aromatic heterocycles. The number of nitrogens with zero attached hydrogens (tertiary/aromatic N) is 1. The first kappa shape index (κ1) is 38.1. The van der Waals surface area contributed by atoms with Crippen molar-refractivity contribution < 1.29 is 23.9 Å². The fourth-order valence-corrected chi connectivity index (χ4v) is 7.45. The van der Waals surface area contributed by atoms with Crippen LogP contribution in [0.4, 0.5) is 10.8 Å². The molecule has 0 saturated heterocycles. The quantitative estimate of drug-likeness (QED) is 0.0787. The van der Waals surface area contributed by atoms with Crippen molar-refractivity contribution in [3.05, 3.63) is 159 Å². The highest BCUT2D eigenvalue weighted by molar-refractivity contribution is 8.00. The van der Waals surface area contributed by atoms with Crippen LogP contribution < -0.4 is 25.4 Å². The molecule has 0 bridgehead atoms. The molecule has 0 fully saturated rings. The van der Waals surface area contributed by atoms with Gasteiger partial charge in [-0.05, 0) is 78.4 Å². The topological polar surface area (TPSA) is 119 Å². The van der Waals surface area contributed by atoms with Crippen LogP contribution in [0.3, 0.4) is 0 Å². The van der Waals surface area contributed by atoms with Crippen LogP contribution in [0.2, 0.25) is 10.0 Å². The molecule has 6 rings (SSSR count). The van der Waals surface area contributed by atoms with Crippen molar-refractivity contribution in [3.8, 4) is 22.8 Å². The van der Waals surface area contributed by atoms with E-state index in [0.717, 1.165) is 10.5 Å². The summed E-state index contributed by atoms with van der Waals surface area (Å²) in [6.07, 6.45) is 1.54. The summed E-state index contributed by atoms with van der Waals surface area (Å²) in [4.78, 5) is 46.0. The van der Waals surface area contributed by atoms with Gasteiger partial charge in [0.15, 0.2) is 5.13 Å². The Balaban J connectivity index is 1.19. The minimum Gasteiger partial charge on any atom is -0.497 e. The molecule has 0 radical (unpaired) electrons. The van der Waals surface area contributed by atoms with Crippen molar-refractivity contribution in [1.29, 1.82) is 0 Å². The molecule has 0 spiro atoms. The molecule has 1 heterocycles. The third kappa shape index (κ3) is 9.68. The molecule has 0 aliphatic heterocycles. The Hall–Kier alpha value is -5.59. The summed E-state index contributed by atoms with van der Waals surface area (Å²) >= 11 is 15.1. The highest BCUT2D eigenvalue weighted by Gasteiger charge is 2.24. The van der Waals surface area contributed by atoms with Gasteiger partial charge >= 0.3 is 0 Å². The van der Waals surface area contributed by atoms with Gasteiger partial charge in [0.1, 0.15) is 22.4 Å². The van der Waals surface area contributed by atoms with E-state index in [1.165, 1.54) is 36.3 Å². The highest BCUT2D eigenvalue weighted by Crippen LogP contribution is 2.38. The van der Waals surface area contributed by atoms with Crippen molar-refractivity contribution in [3.63, 3.8) is 0 Å². The lowest BCUT2D eigenvalue weighted by Gasteiger charge is -2.17. The lowest BCUT2D eigenvalue weighted by Crippen LogP contribution is -2.30. The Morgan fingerprint density at radius 1 is 0.815 bits per heavy atom. The zero-order chi connectivity index (χ0) is 38.0. The fraction of sp³-hybridized carbons (Fsp3) is 0.0732. The summed E-state index contributed by atoms with van der Waals surface area (Å²) in [7, 11) is 3.05. The number of ether oxygens (including phenoxy) is 2. The van der Waals surface area contributed by atoms with Gasteiger partial charge in [-0.3, -0.25) is 14.4 Å². The number of hydrogen-bond donors (Lipinski definition) is 3. The summed E-state index contributed by atoms with van der Waals surface area (Å²) in [5.74, 6) is -0.242. The van der Waals surface area contributed by atoms with Crippen LogP contribution >= 0.6 is 46.3 Å². The van der Waals surface area contributed by atoms with Crippen molar-refractivity contribution in [1.82, 2.24) is 10.3 Å². The number of hydrogen-bond acceptors (Lipinski definition) is 8. The van der Waals surface area contributed by atoms with Gasteiger partial charge < -0.3 is 25.4 Å². The van der Waals surface area contributed by atoms with E-state index in [1.54, 1.807) is 86.0 Å². The van der Waals surface area contributed by atoms with E-state index in [0.29, 0.717) is 54.7 Å². The average molecular weight is 796 g/mol. The SMILES string of the molecule is COc1ccc(/C=C(\NC(=O)c2ccccc2)C(=O)Nc2ccc(SC(C(=O)Nc3nc(-c4ccc(Cl)cc4Cl)cs3)c3ccccc3)cc2)c(OC)c1. The number of carbonyl (C=O) groups excluding carboxylic acids is 3. The van der Waals surface area contributed by atoms with E-state index >= 15 is 0 Å². The summed E-state index contributed by atoms with van der Waals surface area (Å²) in [5.41, 5.74) is 3.54. The van der Waals surface area contributed by atoms with E-state index in [4.69, 9.17) is 32.7 Å². The molecule has 0 saturated carbocycles. The number of nitrogens with one attached hydrogen (secondary N) is 3. The average Bonchev–Trinajstić information content (AvgIpc) is 3.65. The molecular weight excluding hydrogens is 764 g/mol. The second-order valence-corrected chi connectivity index (χ2v) is 14.4. The van der Waals surface area contributed by atoms with Crippen LogP contribution in [0.25, 0.3) is 17.3 Å². The Morgan fingerprint density at radius 2 is 1.54 bits per heavy atom. The summed E-state index contributed by atoms with van der Waals surface area (Å²) < 4.78 is 10.8. The first-order valence-electron chi connectivity index (χ1n) is 16.4. The summed E-state index contributed by atoms with van der Waals surface area (Å²) in [6.45, 7) is 0. The van der Waals surface area contributed by atoms with Gasteiger partial charge in [-0.1, -0.05) is 71.7 Å². The van der Waals surface area contributed by atoms with E-state index < -0.39 is 17.1 Å². The normalized spacial score (nSPS) is 11.7. The fourth-order valence-electron chi connectivity index (χ4n) is 5.21. The van der Waals surface area contributed by atoms with E-state index in [-0.39, 0.29) is 11.6 Å². The van der Waals surface area contributed by atoms with Crippen molar-refractivity contribution in [2.45, 2.75) is 10.1 Å². The van der Waals surface area contributed by atoms with E-state index in [2.05, 4.69) is 20.9 Å². The molecule has 272 valence electrons. The number of halogens is 2. The van der Waals surface area contributed by atoms with Crippen LogP contribution in [-0.2, 0) is 9.59 Å². The Bertz CT molecular complexity index is 2300. The maximum Gasteiger partial charge on any atom is 0.272 e. The number of carbonyl (C=O) groups is 3. The molecule has 5 aromatic carbocycles. The lowest BCUT2D eigenvalue weighted by molar-refractivity contribution is -0.116. The third-order valence-electron chi connectivity index (χ3n) is 7.92. The molecule has 1 atom stereocenters. The minimum atomic E-state index is -0.625. The third-order valence-corrected chi connectivity index (χ3v) is 10.5. The number of benzene rings is 5. The molecule has 6 aromatic rings. The van der Waals surface area contributed by atoms with Crippen LogP contribution in [-0.4, -0.2) is 36.9 Å². The smallest absolute Gasteiger partial charge is 0.272 e. The maximum atomic E-state index is 13.8. The number of amides is 3.